The molecule has 0 amide bonds. The van der Waals surface area contributed by atoms with Crippen molar-refractivity contribution >= 4 is 17.5 Å². The highest BCUT2D eigenvalue weighted by molar-refractivity contribution is 5.89. The molecule has 1 N–H and O–H groups in total. The number of ether oxygens (including phenoxy) is 1. The van der Waals surface area contributed by atoms with Crippen LogP contribution in [0.15, 0.2) is 82.2 Å². The third-order valence-electron chi connectivity index (χ3n) is 3.76. The lowest BCUT2D eigenvalue weighted by Crippen LogP contribution is -2.05. The molecule has 0 unspecified atom stereocenters. The van der Waals surface area contributed by atoms with E-state index in [0.29, 0.717) is 18.6 Å². The first kappa shape index (κ1) is 15.9. The van der Waals surface area contributed by atoms with Crippen LogP contribution in [0.25, 0.3) is 6.08 Å². The van der Waals surface area contributed by atoms with Crippen LogP contribution in [-0.4, -0.2) is 12.8 Å². The number of allylic oxidation sites excluding steroid dienone is 2. The van der Waals surface area contributed by atoms with Crippen LogP contribution in [0.3, 0.4) is 0 Å². The maximum Gasteiger partial charge on any atom is 0.118 e. The fraction of sp³-hybridized carbons (Fsp3) is 0.150. The molecule has 0 fully saturated rings. The van der Waals surface area contributed by atoms with Gasteiger partial charge in [0, 0.05) is 18.6 Å². The number of benzene rings is 2. The van der Waals surface area contributed by atoms with Crippen LogP contribution < -0.4 is 4.74 Å². The maximum absolute atomic E-state index is 7.96. The van der Waals surface area contributed by atoms with Gasteiger partial charge in [-0.15, -0.1) is 0 Å². The predicted octanol–water partition coefficient (Wildman–Crippen LogP) is 5.56. The van der Waals surface area contributed by atoms with Crippen LogP contribution in [-0.2, 0) is 0 Å². The highest BCUT2D eigenvalue weighted by atomic mass is 16.5. The van der Waals surface area contributed by atoms with Crippen LogP contribution in [0.1, 0.15) is 18.4 Å². The Morgan fingerprint density at radius 2 is 1.75 bits per heavy atom. The Bertz CT molecular complexity index is 803. The molecule has 0 atom stereocenters. The maximum atomic E-state index is 7.96. The van der Waals surface area contributed by atoms with Crippen molar-refractivity contribution in [1.82, 2.24) is 0 Å². The number of azo groups is 1. The van der Waals surface area contributed by atoms with E-state index in [2.05, 4.69) is 16.3 Å². The van der Waals surface area contributed by atoms with Gasteiger partial charge in [0.05, 0.1) is 18.5 Å². The summed E-state index contributed by atoms with van der Waals surface area (Å²) in [7, 11) is 1.65. The molecule has 120 valence electrons. The fourth-order valence-electron chi connectivity index (χ4n) is 2.48. The molecule has 4 heteroatoms. The molecule has 0 bridgehead atoms. The van der Waals surface area contributed by atoms with Gasteiger partial charge in [0.1, 0.15) is 5.75 Å². The summed E-state index contributed by atoms with van der Waals surface area (Å²) in [5, 5.41) is 16.7. The van der Waals surface area contributed by atoms with Crippen LogP contribution >= 0.6 is 0 Å². The lowest BCUT2D eigenvalue weighted by molar-refractivity contribution is 0.415. The lowest BCUT2D eigenvalue weighted by Gasteiger charge is -2.14. The quantitative estimate of drug-likeness (QED) is 0.737. The molecule has 3 rings (SSSR count). The molecule has 0 aliphatic heterocycles. The van der Waals surface area contributed by atoms with Crippen LogP contribution in [0, 0.1) is 5.41 Å². The number of nitrogens with one attached hydrogen (secondary N) is 1. The summed E-state index contributed by atoms with van der Waals surface area (Å²) in [5.74, 6) is 0.827. The second-order valence-corrected chi connectivity index (χ2v) is 5.55. The highest BCUT2D eigenvalue weighted by Gasteiger charge is 2.13. The average Bonchev–Trinajstić information content (AvgIpc) is 2.62. The average molecular weight is 317 g/mol. The molecular formula is C20H19N3O. The Morgan fingerprint density at radius 3 is 2.46 bits per heavy atom. The zero-order valence-corrected chi connectivity index (χ0v) is 13.6. The van der Waals surface area contributed by atoms with E-state index in [1.165, 1.54) is 0 Å². The molecule has 0 saturated heterocycles. The van der Waals surface area contributed by atoms with Gasteiger partial charge in [-0.25, -0.2) is 0 Å². The van der Waals surface area contributed by atoms with Crippen LogP contribution in [0.4, 0.5) is 5.69 Å². The van der Waals surface area contributed by atoms with Gasteiger partial charge in [-0.05, 0) is 41.5 Å². The molecule has 0 heterocycles. The number of hydrogen-bond donors (Lipinski definition) is 1. The summed E-state index contributed by atoms with van der Waals surface area (Å²) in [6, 6.07) is 17.5. The van der Waals surface area contributed by atoms with Gasteiger partial charge in [0.25, 0.3) is 0 Å². The zero-order valence-electron chi connectivity index (χ0n) is 13.6. The van der Waals surface area contributed by atoms with Crippen molar-refractivity contribution in [3.63, 3.8) is 0 Å². The van der Waals surface area contributed by atoms with E-state index < -0.39 is 0 Å². The van der Waals surface area contributed by atoms with Gasteiger partial charge in [-0.3, -0.25) is 0 Å². The molecule has 2 aromatic rings. The van der Waals surface area contributed by atoms with Gasteiger partial charge in [-0.1, -0.05) is 36.4 Å². The molecular weight excluding hydrogens is 298 g/mol. The van der Waals surface area contributed by atoms with E-state index in [0.717, 1.165) is 28.3 Å². The number of nitrogens with zero attached hydrogens (tertiary/aromatic N) is 2. The lowest BCUT2D eigenvalue weighted by atomic mass is 9.95. The van der Waals surface area contributed by atoms with Gasteiger partial charge < -0.3 is 10.1 Å². The number of rotatable bonds is 4. The Labute approximate surface area is 141 Å². The third-order valence-corrected chi connectivity index (χ3v) is 3.76. The monoisotopic (exact) mass is 317 g/mol. The summed E-state index contributed by atoms with van der Waals surface area (Å²) in [6.45, 7) is 0. The zero-order chi connectivity index (χ0) is 16.8. The summed E-state index contributed by atoms with van der Waals surface area (Å²) in [4.78, 5) is 0. The summed E-state index contributed by atoms with van der Waals surface area (Å²) in [6.07, 6.45) is 5.26. The Balaban J connectivity index is 1.86. The first-order chi connectivity index (χ1) is 11.7. The van der Waals surface area contributed by atoms with E-state index in [1.54, 1.807) is 7.11 Å². The molecule has 0 spiro atoms. The topological polar surface area (TPSA) is 57.8 Å². The number of hydrogen-bond acceptors (Lipinski definition) is 4. The van der Waals surface area contributed by atoms with Crippen molar-refractivity contribution in [2.75, 3.05) is 7.11 Å². The van der Waals surface area contributed by atoms with Gasteiger partial charge >= 0.3 is 0 Å². The van der Waals surface area contributed by atoms with Crippen molar-refractivity contribution in [2.24, 2.45) is 10.2 Å². The highest BCUT2D eigenvalue weighted by Crippen LogP contribution is 2.27. The van der Waals surface area contributed by atoms with Crippen molar-refractivity contribution in [3.05, 3.63) is 77.5 Å². The van der Waals surface area contributed by atoms with Crippen molar-refractivity contribution < 1.29 is 4.74 Å². The summed E-state index contributed by atoms with van der Waals surface area (Å²) < 4.78 is 5.19. The Hall–Kier alpha value is -3.01. The number of methoxy groups -OCH3 is 1. The minimum absolute atomic E-state index is 0.603. The largest absolute Gasteiger partial charge is 0.497 e. The molecule has 1 aliphatic rings. The molecule has 24 heavy (non-hydrogen) atoms. The van der Waals surface area contributed by atoms with Crippen LogP contribution in [0.2, 0.25) is 0 Å². The van der Waals surface area contributed by atoms with Crippen molar-refractivity contribution in [2.45, 2.75) is 12.8 Å². The van der Waals surface area contributed by atoms with Crippen molar-refractivity contribution in [1.29, 1.82) is 5.41 Å². The van der Waals surface area contributed by atoms with E-state index in [4.69, 9.17) is 10.1 Å². The van der Waals surface area contributed by atoms with E-state index >= 15 is 0 Å². The van der Waals surface area contributed by atoms with E-state index in [1.807, 2.05) is 60.7 Å². The molecule has 1 aliphatic carbocycles. The second kappa shape index (κ2) is 7.51. The van der Waals surface area contributed by atoms with E-state index in [-0.39, 0.29) is 0 Å². The molecule has 0 aromatic heterocycles. The molecule has 0 saturated carbocycles. The normalized spacial score (nSPS) is 16.5. The van der Waals surface area contributed by atoms with E-state index in [9.17, 15) is 0 Å². The fourth-order valence-corrected chi connectivity index (χ4v) is 2.48. The Morgan fingerprint density at radius 1 is 1.00 bits per heavy atom. The second-order valence-electron chi connectivity index (χ2n) is 5.55. The minimum atomic E-state index is 0.603. The van der Waals surface area contributed by atoms with Crippen molar-refractivity contribution in [3.8, 4) is 5.75 Å². The first-order valence-electron chi connectivity index (χ1n) is 7.83. The van der Waals surface area contributed by atoms with Gasteiger partial charge in [0.15, 0.2) is 0 Å². The molecule has 0 radical (unpaired) electrons. The smallest absolute Gasteiger partial charge is 0.118 e. The Kier molecular flexibility index (Phi) is 4.96. The molecule has 4 nitrogen and oxygen atoms in total. The first-order valence-corrected chi connectivity index (χ1v) is 7.83. The third kappa shape index (κ3) is 4.04. The summed E-state index contributed by atoms with van der Waals surface area (Å²) in [5.41, 5.74) is 4.42. The predicted molar refractivity (Wildman–Crippen MR) is 97.0 cm³/mol. The standard InChI is InChI=1S/C20H19N3O/c1-24-19-10-7-15(8-11-19)13-16-14-17(21)9-12-20(16)23-22-18-5-3-2-4-6-18/h2-8,10-13,21H,9,14H2,1H3. The SMILES string of the molecule is COc1ccc(C=C2CC(=N)CC=C2N=Nc2ccccc2)cc1. The minimum Gasteiger partial charge on any atom is -0.497 e. The van der Waals surface area contributed by atoms with Gasteiger partial charge in [0.2, 0.25) is 0 Å². The summed E-state index contributed by atoms with van der Waals surface area (Å²) >= 11 is 0. The molecule has 2 aromatic carbocycles. The van der Waals surface area contributed by atoms with Crippen LogP contribution in [0.5, 0.6) is 5.75 Å². The van der Waals surface area contributed by atoms with Gasteiger partial charge in [-0.2, -0.15) is 10.2 Å².